The Morgan fingerprint density at radius 1 is 1.47 bits per heavy atom. The summed E-state index contributed by atoms with van der Waals surface area (Å²) in [4.78, 5) is 19.8. The first kappa shape index (κ1) is 11.6. The van der Waals surface area contributed by atoms with Crippen molar-refractivity contribution in [2.45, 2.75) is 27.5 Å². The number of carbonyl (C=O) groups excluding carboxylic acids is 1. The van der Waals surface area contributed by atoms with Crippen molar-refractivity contribution in [2.24, 2.45) is 5.41 Å². The highest BCUT2D eigenvalue weighted by Crippen LogP contribution is 2.16. The Bertz CT molecular complexity index is 540. The van der Waals surface area contributed by atoms with E-state index in [-0.39, 0.29) is 12.7 Å². The topological polar surface area (TPSA) is 57.0 Å². The van der Waals surface area contributed by atoms with E-state index in [1.54, 1.807) is 23.3 Å². The number of carbonyl (C=O) groups is 1. The SMILES string of the molecule is CC(C)(C)C(=O)OCn1cnc2cnccc21. The smallest absolute Gasteiger partial charge is 0.312 e. The lowest BCUT2D eigenvalue weighted by Gasteiger charge is -2.16. The molecule has 0 amide bonds. The van der Waals surface area contributed by atoms with Crippen molar-refractivity contribution in [2.75, 3.05) is 0 Å². The van der Waals surface area contributed by atoms with Crippen LogP contribution in [0, 0.1) is 5.41 Å². The summed E-state index contributed by atoms with van der Waals surface area (Å²) in [5.74, 6) is -0.228. The lowest BCUT2D eigenvalue weighted by Crippen LogP contribution is -2.23. The number of rotatable bonds is 2. The third kappa shape index (κ3) is 2.43. The number of nitrogens with zero attached hydrogens (tertiary/aromatic N) is 3. The molecule has 2 aromatic rings. The highest BCUT2D eigenvalue weighted by atomic mass is 16.5. The molecule has 0 aromatic carbocycles. The van der Waals surface area contributed by atoms with Gasteiger partial charge in [0, 0.05) is 6.20 Å². The van der Waals surface area contributed by atoms with Gasteiger partial charge < -0.3 is 4.74 Å². The van der Waals surface area contributed by atoms with E-state index in [2.05, 4.69) is 9.97 Å². The fourth-order valence-electron chi connectivity index (χ4n) is 1.36. The summed E-state index contributed by atoms with van der Waals surface area (Å²) in [6.45, 7) is 5.65. The van der Waals surface area contributed by atoms with Crippen molar-refractivity contribution in [3.05, 3.63) is 24.8 Å². The average molecular weight is 233 g/mol. The summed E-state index contributed by atoms with van der Waals surface area (Å²) >= 11 is 0. The molecular formula is C12H15N3O2. The first-order valence-corrected chi connectivity index (χ1v) is 5.40. The minimum Gasteiger partial charge on any atom is -0.443 e. The fraction of sp³-hybridized carbons (Fsp3) is 0.417. The molecule has 0 aliphatic heterocycles. The van der Waals surface area contributed by atoms with Crippen LogP contribution in [0.3, 0.4) is 0 Å². The second kappa shape index (κ2) is 4.16. The molecular weight excluding hydrogens is 218 g/mol. The van der Waals surface area contributed by atoms with Gasteiger partial charge in [-0.3, -0.25) is 14.3 Å². The van der Waals surface area contributed by atoms with Gasteiger partial charge in [-0.15, -0.1) is 0 Å². The lowest BCUT2D eigenvalue weighted by molar-refractivity contribution is -0.156. The van der Waals surface area contributed by atoms with Gasteiger partial charge >= 0.3 is 5.97 Å². The van der Waals surface area contributed by atoms with Crippen LogP contribution in [0.15, 0.2) is 24.8 Å². The van der Waals surface area contributed by atoms with E-state index < -0.39 is 5.41 Å². The Labute approximate surface area is 99.4 Å². The van der Waals surface area contributed by atoms with Gasteiger partial charge in [0.1, 0.15) is 5.52 Å². The van der Waals surface area contributed by atoms with Crippen molar-refractivity contribution >= 4 is 17.0 Å². The number of hydrogen-bond acceptors (Lipinski definition) is 4. The number of hydrogen-bond donors (Lipinski definition) is 0. The molecule has 0 unspecified atom stereocenters. The standard InChI is InChI=1S/C12H15N3O2/c1-12(2,3)11(16)17-8-15-7-14-9-6-13-5-4-10(9)15/h4-7H,8H2,1-3H3. The van der Waals surface area contributed by atoms with Crippen LogP contribution in [0.4, 0.5) is 0 Å². The number of esters is 1. The maximum atomic E-state index is 11.6. The average Bonchev–Trinajstić information content (AvgIpc) is 2.68. The highest BCUT2D eigenvalue weighted by molar-refractivity contribution is 5.76. The molecule has 0 aliphatic rings. The third-order valence-electron chi connectivity index (χ3n) is 2.37. The highest BCUT2D eigenvalue weighted by Gasteiger charge is 2.23. The first-order valence-electron chi connectivity index (χ1n) is 5.40. The molecule has 0 radical (unpaired) electrons. The molecule has 5 heteroatoms. The molecule has 2 rings (SSSR count). The van der Waals surface area contributed by atoms with Gasteiger partial charge in [-0.2, -0.15) is 0 Å². The quantitative estimate of drug-likeness (QED) is 0.744. The van der Waals surface area contributed by atoms with Crippen LogP contribution in [0.1, 0.15) is 20.8 Å². The third-order valence-corrected chi connectivity index (χ3v) is 2.37. The zero-order valence-electron chi connectivity index (χ0n) is 10.2. The molecule has 90 valence electrons. The minimum absolute atomic E-state index is 0.177. The lowest BCUT2D eigenvalue weighted by atomic mass is 9.98. The Hall–Kier alpha value is -1.91. The number of imidazole rings is 1. The molecule has 0 aliphatic carbocycles. The maximum Gasteiger partial charge on any atom is 0.312 e. The van der Waals surface area contributed by atoms with E-state index in [0.717, 1.165) is 11.0 Å². The summed E-state index contributed by atoms with van der Waals surface area (Å²) < 4.78 is 7.00. The normalized spacial score (nSPS) is 11.7. The number of fused-ring (bicyclic) bond motifs is 1. The fourth-order valence-corrected chi connectivity index (χ4v) is 1.36. The van der Waals surface area contributed by atoms with Crippen molar-refractivity contribution in [3.63, 3.8) is 0 Å². The van der Waals surface area contributed by atoms with Gasteiger partial charge in [0.05, 0.1) is 23.5 Å². The number of pyridine rings is 1. The zero-order chi connectivity index (χ0) is 12.5. The molecule has 0 saturated heterocycles. The van der Waals surface area contributed by atoms with Crippen molar-refractivity contribution < 1.29 is 9.53 Å². The van der Waals surface area contributed by atoms with Crippen molar-refractivity contribution in [3.8, 4) is 0 Å². The summed E-state index contributed by atoms with van der Waals surface area (Å²) in [5.41, 5.74) is 1.21. The van der Waals surface area contributed by atoms with E-state index >= 15 is 0 Å². The number of ether oxygens (including phenoxy) is 1. The molecule has 0 atom stereocenters. The molecule has 0 fully saturated rings. The van der Waals surface area contributed by atoms with Crippen molar-refractivity contribution in [1.82, 2.24) is 14.5 Å². The van der Waals surface area contributed by atoms with Crippen LogP contribution in [-0.4, -0.2) is 20.5 Å². The predicted octanol–water partition coefficient (Wildman–Crippen LogP) is 1.98. The van der Waals surface area contributed by atoms with E-state index in [1.807, 2.05) is 26.8 Å². The number of aromatic nitrogens is 3. The summed E-state index contributed by atoms with van der Waals surface area (Å²) in [6.07, 6.45) is 5.01. The van der Waals surface area contributed by atoms with Crippen LogP contribution >= 0.6 is 0 Å². The van der Waals surface area contributed by atoms with Crippen LogP contribution in [0.2, 0.25) is 0 Å². The molecule has 0 N–H and O–H groups in total. The zero-order valence-corrected chi connectivity index (χ0v) is 10.2. The van der Waals surface area contributed by atoms with Gasteiger partial charge in [-0.25, -0.2) is 4.98 Å². The largest absolute Gasteiger partial charge is 0.443 e. The van der Waals surface area contributed by atoms with Crippen LogP contribution in [0.5, 0.6) is 0 Å². The summed E-state index contributed by atoms with van der Waals surface area (Å²) in [7, 11) is 0. The van der Waals surface area contributed by atoms with E-state index in [9.17, 15) is 4.79 Å². The van der Waals surface area contributed by atoms with Crippen molar-refractivity contribution in [1.29, 1.82) is 0 Å². The van der Waals surface area contributed by atoms with E-state index in [4.69, 9.17) is 4.74 Å². The molecule has 0 spiro atoms. The molecule has 2 heterocycles. The predicted molar refractivity (Wildman–Crippen MR) is 63.1 cm³/mol. The van der Waals surface area contributed by atoms with E-state index in [1.165, 1.54) is 0 Å². The van der Waals surface area contributed by atoms with Gasteiger partial charge in [0.25, 0.3) is 0 Å². The Kier molecular flexibility index (Phi) is 2.83. The van der Waals surface area contributed by atoms with Crippen LogP contribution in [0.25, 0.3) is 11.0 Å². The molecule has 2 aromatic heterocycles. The molecule has 5 nitrogen and oxygen atoms in total. The van der Waals surface area contributed by atoms with Crippen LogP contribution < -0.4 is 0 Å². The van der Waals surface area contributed by atoms with Gasteiger partial charge in [0.15, 0.2) is 6.73 Å². The second-order valence-electron chi connectivity index (χ2n) is 4.89. The summed E-state index contributed by atoms with van der Waals surface area (Å²) in [5, 5.41) is 0. The Balaban J connectivity index is 2.12. The molecule has 0 bridgehead atoms. The second-order valence-corrected chi connectivity index (χ2v) is 4.89. The van der Waals surface area contributed by atoms with Gasteiger partial charge in [0.2, 0.25) is 0 Å². The molecule has 17 heavy (non-hydrogen) atoms. The minimum atomic E-state index is -0.488. The maximum absolute atomic E-state index is 11.6. The summed E-state index contributed by atoms with van der Waals surface area (Å²) in [6, 6.07) is 1.84. The van der Waals surface area contributed by atoms with Gasteiger partial charge in [-0.05, 0) is 26.8 Å². The Morgan fingerprint density at radius 2 is 2.24 bits per heavy atom. The Morgan fingerprint density at radius 3 is 2.94 bits per heavy atom. The monoisotopic (exact) mass is 233 g/mol. The van der Waals surface area contributed by atoms with Crippen LogP contribution in [-0.2, 0) is 16.3 Å². The van der Waals surface area contributed by atoms with Gasteiger partial charge in [-0.1, -0.05) is 0 Å². The van der Waals surface area contributed by atoms with E-state index in [0.29, 0.717) is 0 Å². The molecule has 0 saturated carbocycles. The first-order chi connectivity index (χ1) is 7.98.